The molecule has 0 amide bonds. The molecule has 0 unspecified atom stereocenters. The number of pyridine rings is 1. The number of guanidine groups is 1. The van der Waals surface area contributed by atoms with Crippen molar-refractivity contribution in [3.05, 3.63) is 54.0 Å². The van der Waals surface area contributed by atoms with Gasteiger partial charge in [-0.15, -0.1) is 24.0 Å². The Morgan fingerprint density at radius 3 is 2.42 bits per heavy atom. The van der Waals surface area contributed by atoms with Crippen molar-refractivity contribution in [2.75, 3.05) is 69.3 Å². The van der Waals surface area contributed by atoms with Gasteiger partial charge in [-0.25, -0.2) is 9.37 Å². The van der Waals surface area contributed by atoms with Crippen molar-refractivity contribution in [1.29, 1.82) is 0 Å². The summed E-state index contributed by atoms with van der Waals surface area (Å²) in [6, 6.07) is 10.8. The maximum Gasteiger partial charge on any atom is 0.194 e. The standard InChI is InChI=1S/C22H29FN6O.HI/c1-24-22(29-11-9-27(10-12-29)20-6-4-19(23)5-7-20)26-17-18-3-2-8-25-21(18)28-13-15-30-16-14-28;/h2-8H,9-17H2,1H3,(H,24,26);1H. The van der Waals surface area contributed by atoms with Crippen LogP contribution in [0.25, 0.3) is 0 Å². The molecule has 2 aromatic rings. The fraction of sp³-hybridized carbons (Fsp3) is 0.455. The first kappa shape index (κ1) is 23.5. The summed E-state index contributed by atoms with van der Waals surface area (Å²) >= 11 is 0. The van der Waals surface area contributed by atoms with Gasteiger partial charge in [0.05, 0.1) is 13.2 Å². The van der Waals surface area contributed by atoms with E-state index in [1.807, 2.05) is 31.4 Å². The lowest BCUT2D eigenvalue weighted by Gasteiger charge is -2.37. The van der Waals surface area contributed by atoms with E-state index in [0.717, 1.165) is 75.5 Å². The van der Waals surface area contributed by atoms with Crippen molar-refractivity contribution in [2.24, 2.45) is 4.99 Å². The minimum absolute atomic E-state index is 0. The van der Waals surface area contributed by atoms with Gasteiger partial charge < -0.3 is 24.8 Å². The van der Waals surface area contributed by atoms with Gasteiger partial charge in [-0.05, 0) is 30.3 Å². The van der Waals surface area contributed by atoms with Gasteiger partial charge in [0, 0.05) is 70.3 Å². The average Bonchev–Trinajstić information content (AvgIpc) is 2.81. The highest BCUT2D eigenvalue weighted by atomic mass is 127. The third-order valence-electron chi connectivity index (χ3n) is 5.60. The number of hydrogen-bond donors (Lipinski definition) is 1. The molecule has 7 nitrogen and oxygen atoms in total. The second kappa shape index (κ2) is 11.5. The van der Waals surface area contributed by atoms with Crippen LogP contribution in [0.4, 0.5) is 15.9 Å². The van der Waals surface area contributed by atoms with Crippen molar-refractivity contribution in [2.45, 2.75) is 6.54 Å². The number of anilines is 2. The van der Waals surface area contributed by atoms with Crippen LogP contribution in [0.1, 0.15) is 5.56 Å². The van der Waals surface area contributed by atoms with Gasteiger partial charge in [0.25, 0.3) is 0 Å². The van der Waals surface area contributed by atoms with Crippen LogP contribution in [0.3, 0.4) is 0 Å². The summed E-state index contributed by atoms with van der Waals surface area (Å²) in [5.41, 5.74) is 2.22. The molecule has 2 aliphatic heterocycles. The highest BCUT2D eigenvalue weighted by Crippen LogP contribution is 2.19. The Labute approximate surface area is 200 Å². The number of ether oxygens (including phenoxy) is 1. The minimum Gasteiger partial charge on any atom is -0.378 e. The lowest BCUT2D eigenvalue weighted by atomic mass is 10.2. The van der Waals surface area contributed by atoms with Gasteiger partial charge in [0.2, 0.25) is 0 Å². The summed E-state index contributed by atoms with van der Waals surface area (Å²) in [7, 11) is 1.82. The Bertz CT molecular complexity index is 851. The largest absolute Gasteiger partial charge is 0.378 e. The zero-order chi connectivity index (χ0) is 20.8. The maximum absolute atomic E-state index is 13.2. The number of nitrogens with one attached hydrogen (secondary N) is 1. The van der Waals surface area contributed by atoms with Crippen LogP contribution in [0.5, 0.6) is 0 Å². The molecular formula is C22H30FIN6O. The number of nitrogens with zero attached hydrogens (tertiary/aromatic N) is 5. The van der Waals surface area contributed by atoms with Gasteiger partial charge in [-0.2, -0.15) is 0 Å². The first-order valence-electron chi connectivity index (χ1n) is 10.5. The summed E-state index contributed by atoms with van der Waals surface area (Å²) in [6.45, 7) is 7.35. The van der Waals surface area contributed by atoms with E-state index in [1.54, 1.807) is 0 Å². The number of aromatic nitrogens is 1. The first-order chi connectivity index (χ1) is 14.7. The van der Waals surface area contributed by atoms with Crippen LogP contribution in [-0.2, 0) is 11.3 Å². The molecule has 3 heterocycles. The normalized spacial score (nSPS) is 17.4. The van der Waals surface area contributed by atoms with Gasteiger partial charge in [0.1, 0.15) is 11.6 Å². The Kier molecular flexibility index (Phi) is 8.70. The molecule has 1 aromatic heterocycles. The smallest absolute Gasteiger partial charge is 0.194 e. The van der Waals surface area contributed by atoms with Gasteiger partial charge in [-0.1, -0.05) is 6.07 Å². The van der Waals surface area contributed by atoms with E-state index < -0.39 is 0 Å². The van der Waals surface area contributed by atoms with Crippen molar-refractivity contribution >= 4 is 41.4 Å². The maximum atomic E-state index is 13.2. The van der Waals surface area contributed by atoms with E-state index in [2.05, 4.69) is 36.1 Å². The molecule has 0 radical (unpaired) electrons. The van der Waals surface area contributed by atoms with Gasteiger partial charge in [0.15, 0.2) is 5.96 Å². The monoisotopic (exact) mass is 540 g/mol. The number of rotatable bonds is 4. The second-order valence-electron chi connectivity index (χ2n) is 7.44. The molecule has 0 saturated carbocycles. The highest BCUT2D eigenvalue weighted by molar-refractivity contribution is 14.0. The average molecular weight is 540 g/mol. The van der Waals surface area contributed by atoms with E-state index >= 15 is 0 Å². The highest BCUT2D eigenvalue weighted by Gasteiger charge is 2.21. The van der Waals surface area contributed by atoms with Crippen molar-refractivity contribution in [3.63, 3.8) is 0 Å². The van der Waals surface area contributed by atoms with Crippen LogP contribution < -0.4 is 15.1 Å². The summed E-state index contributed by atoms with van der Waals surface area (Å²) in [5, 5.41) is 3.51. The van der Waals surface area contributed by atoms with Gasteiger partial charge >= 0.3 is 0 Å². The SMILES string of the molecule is CN=C(NCc1cccnc1N1CCOCC1)N1CCN(c2ccc(F)cc2)CC1.I. The zero-order valence-corrected chi connectivity index (χ0v) is 20.2. The van der Waals surface area contributed by atoms with E-state index in [0.29, 0.717) is 6.54 Å². The Morgan fingerprint density at radius 2 is 1.74 bits per heavy atom. The second-order valence-corrected chi connectivity index (χ2v) is 7.44. The topological polar surface area (TPSA) is 56.2 Å². The molecule has 31 heavy (non-hydrogen) atoms. The van der Waals surface area contributed by atoms with Crippen LogP contribution in [-0.4, -0.2) is 75.4 Å². The summed E-state index contributed by atoms with van der Waals surface area (Å²) in [5.74, 6) is 1.71. The molecule has 4 rings (SSSR count). The minimum atomic E-state index is -0.200. The quantitative estimate of drug-likeness (QED) is 0.366. The Morgan fingerprint density at radius 1 is 1.03 bits per heavy atom. The molecule has 0 spiro atoms. The third-order valence-corrected chi connectivity index (χ3v) is 5.60. The van der Waals surface area contributed by atoms with E-state index in [1.165, 1.54) is 12.1 Å². The molecule has 9 heteroatoms. The molecular weight excluding hydrogens is 510 g/mol. The van der Waals surface area contributed by atoms with Crippen molar-refractivity contribution < 1.29 is 9.13 Å². The van der Waals surface area contributed by atoms with Gasteiger partial charge in [-0.3, -0.25) is 4.99 Å². The first-order valence-corrected chi connectivity index (χ1v) is 10.5. The molecule has 1 aromatic carbocycles. The van der Waals surface area contributed by atoms with Crippen LogP contribution >= 0.6 is 24.0 Å². The Balaban J connectivity index is 0.00000272. The zero-order valence-electron chi connectivity index (χ0n) is 17.8. The molecule has 0 aliphatic carbocycles. The van der Waals surface area contributed by atoms with Crippen LogP contribution in [0.2, 0.25) is 0 Å². The lowest BCUT2D eigenvalue weighted by Crippen LogP contribution is -2.52. The summed E-state index contributed by atoms with van der Waals surface area (Å²) in [4.78, 5) is 15.9. The molecule has 1 N–H and O–H groups in total. The fourth-order valence-electron chi connectivity index (χ4n) is 3.96. The molecule has 2 fully saturated rings. The van der Waals surface area contributed by atoms with Crippen LogP contribution in [0.15, 0.2) is 47.6 Å². The number of benzene rings is 1. The Hall–Kier alpha value is -2.14. The third kappa shape index (κ3) is 5.97. The molecule has 2 aliphatic rings. The number of piperazine rings is 1. The fourth-order valence-corrected chi connectivity index (χ4v) is 3.96. The van der Waals surface area contributed by atoms with Crippen molar-refractivity contribution in [3.8, 4) is 0 Å². The van der Waals surface area contributed by atoms with E-state index in [9.17, 15) is 4.39 Å². The predicted molar refractivity (Wildman–Crippen MR) is 133 cm³/mol. The van der Waals surface area contributed by atoms with E-state index in [-0.39, 0.29) is 29.8 Å². The number of hydrogen-bond acceptors (Lipinski definition) is 5. The molecule has 168 valence electrons. The number of morpholine rings is 1. The molecule has 0 atom stereocenters. The molecule has 2 saturated heterocycles. The lowest BCUT2D eigenvalue weighted by molar-refractivity contribution is 0.122. The molecule has 0 bridgehead atoms. The van der Waals surface area contributed by atoms with Crippen molar-refractivity contribution in [1.82, 2.24) is 15.2 Å². The van der Waals surface area contributed by atoms with E-state index in [4.69, 9.17) is 4.74 Å². The predicted octanol–water partition coefficient (Wildman–Crippen LogP) is 2.57. The summed E-state index contributed by atoms with van der Waals surface area (Å²) < 4.78 is 18.6. The van der Waals surface area contributed by atoms with Crippen LogP contribution in [0, 0.1) is 5.82 Å². The summed E-state index contributed by atoms with van der Waals surface area (Å²) in [6.07, 6.45) is 1.85. The number of halogens is 2. The number of aliphatic imine (C=N–C) groups is 1.